The number of rotatable bonds is 4. The van der Waals surface area contributed by atoms with E-state index >= 15 is 0 Å². The summed E-state index contributed by atoms with van der Waals surface area (Å²) in [5, 5.41) is 12.5. The number of carbonyl (C=O) groups is 1. The van der Waals surface area contributed by atoms with Gasteiger partial charge in [-0.1, -0.05) is 56.4 Å². The molecule has 0 radical (unpaired) electrons. The van der Waals surface area contributed by atoms with E-state index in [1.54, 1.807) is 0 Å². The second-order valence-electron chi connectivity index (χ2n) is 9.22. The molecule has 6 nitrogen and oxygen atoms in total. The first-order valence-corrected chi connectivity index (χ1v) is 10.3. The number of carbonyl (C=O) groups excluding carboxylic acids is 1. The molecule has 0 atom stereocenters. The number of hydrogen-bond acceptors (Lipinski definition) is 6. The first-order valence-electron chi connectivity index (χ1n) is 9.46. The first-order chi connectivity index (χ1) is 12.9. The molecule has 28 heavy (non-hydrogen) atoms. The van der Waals surface area contributed by atoms with Crippen LogP contribution in [0, 0.1) is 0 Å². The largest absolute Gasteiger partial charge is 0.494 e. The summed E-state index contributed by atoms with van der Waals surface area (Å²) in [5.41, 5.74) is 1.04. The molecule has 0 saturated carbocycles. The van der Waals surface area contributed by atoms with Crippen LogP contribution in [0.5, 0.6) is 0 Å². The standard InChI is InChI=1S/C20H28BN3O3S/c1-18(2,3)16-23-24-17(28-16)22-15(25)12-13-8-10-14(11-9-13)21-26-19(4,5)20(6,7)27-21/h8-11H,12H2,1-7H3,(H,22,24,25). The van der Waals surface area contributed by atoms with E-state index in [0.717, 1.165) is 16.0 Å². The maximum absolute atomic E-state index is 12.3. The Balaban J connectivity index is 1.60. The smallest absolute Gasteiger partial charge is 0.399 e. The summed E-state index contributed by atoms with van der Waals surface area (Å²) in [5.74, 6) is -0.111. The zero-order valence-electron chi connectivity index (χ0n) is 17.6. The SMILES string of the molecule is CC(C)(C)c1nnc(NC(=O)Cc2ccc(B3OC(C)(C)C(C)(C)O3)cc2)s1. The Hall–Kier alpha value is -1.77. The van der Waals surface area contributed by atoms with Crippen LogP contribution < -0.4 is 10.8 Å². The van der Waals surface area contributed by atoms with Crippen molar-refractivity contribution in [1.82, 2.24) is 10.2 Å². The van der Waals surface area contributed by atoms with Gasteiger partial charge in [0.2, 0.25) is 11.0 Å². The molecule has 1 aromatic heterocycles. The minimum atomic E-state index is -0.398. The van der Waals surface area contributed by atoms with Crippen LogP contribution in [-0.4, -0.2) is 34.4 Å². The molecule has 1 amide bonds. The van der Waals surface area contributed by atoms with Gasteiger partial charge >= 0.3 is 7.12 Å². The van der Waals surface area contributed by atoms with E-state index in [1.165, 1.54) is 11.3 Å². The lowest BCUT2D eigenvalue weighted by molar-refractivity contribution is -0.115. The van der Waals surface area contributed by atoms with Gasteiger partial charge in [-0.25, -0.2) is 0 Å². The Bertz CT molecular complexity index is 840. The van der Waals surface area contributed by atoms with E-state index in [9.17, 15) is 4.79 Å². The van der Waals surface area contributed by atoms with Crippen LogP contribution in [0.1, 0.15) is 59.0 Å². The molecule has 2 heterocycles. The number of amides is 1. The number of benzene rings is 1. The molecule has 1 N–H and O–H groups in total. The molecule has 1 aromatic carbocycles. The Labute approximate surface area is 171 Å². The first kappa shape index (κ1) is 21.0. The average molecular weight is 401 g/mol. The van der Waals surface area contributed by atoms with E-state index in [-0.39, 0.29) is 28.9 Å². The second kappa shape index (κ2) is 7.24. The lowest BCUT2D eigenvalue weighted by Crippen LogP contribution is -2.41. The van der Waals surface area contributed by atoms with E-state index in [2.05, 4.69) is 36.3 Å². The van der Waals surface area contributed by atoms with Crippen molar-refractivity contribution < 1.29 is 14.1 Å². The summed E-state index contributed by atoms with van der Waals surface area (Å²) < 4.78 is 12.1. The molecule has 3 rings (SSSR count). The molecule has 1 fully saturated rings. The lowest BCUT2D eigenvalue weighted by atomic mass is 9.79. The minimum absolute atomic E-state index is 0.0794. The molecular weight excluding hydrogens is 373 g/mol. The summed E-state index contributed by atoms with van der Waals surface area (Å²) in [4.78, 5) is 12.3. The fraction of sp³-hybridized carbons (Fsp3) is 0.550. The van der Waals surface area contributed by atoms with Gasteiger partial charge in [0.1, 0.15) is 5.01 Å². The fourth-order valence-electron chi connectivity index (χ4n) is 2.70. The molecule has 0 spiro atoms. The van der Waals surface area contributed by atoms with Gasteiger partial charge in [0.15, 0.2) is 0 Å². The molecule has 0 unspecified atom stereocenters. The topological polar surface area (TPSA) is 73.3 Å². The summed E-state index contributed by atoms with van der Waals surface area (Å²) in [7, 11) is -0.398. The third-order valence-electron chi connectivity index (χ3n) is 5.18. The normalized spacial score (nSPS) is 18.3. The zero-order chi connectivity index (χ0) is 20.7. The summed E-state index contributed by atoms with van der Waals surface area (Å²) in [6, 6.07) is 7.77. The predicted octanol–water partition coefficient (Wildman–Crippen LogP) is 3.32. The lowest BCUT2D eigenvalue weighted by Gasteiger charge is -2.32. The van der Waals surface area contributed by atoms with Crippen molar-refractivity contribution in [2.24, 2.45) is 0 Å². The van der Waals surface area contributed by atoms with Crippen LogP contribution in [0.4, 0.5) is 5.13 Å². The quantitative estimate of drug-likeness (QED) is 0.796. The van der Waals surface area contributed by atoms with E-state index in [1.807, 2.05) is 52.0 Å². The third-order valence-corrected chi connectivity index (χ3v) is 6.45. The average Bonchev–Trinajstić information content (AvgIpc) is 3.10. The van der Waals surface area contributed by atoms with Gasteiger partial charge in [0.25, 0.3) is 0 Å². The van der Waals surface area contributed by atoms with Crippen LogP contribution >= 0.6 is 11.3 Å². The molecule has 1 aliphatic rings. The Morgan fingerprint density at radius 1 is 1.07 bits per heavy atom. The summed E-state index contributed by atoms with van der Waals surface area (Å²) in [6.45, 7) is 14.3. The van der Waals surface area contributed by atoms with Gasteiger partial charge in [-0.15, -0.1) is 10.2 Å². The molecule has 0 bridgehead atoms. The zero-order valence-corrected chi connectivity index (χ0v) is 18.4. The van der Waals surface area contributed by atoms with E-state index < -0.39 is 7.12 Å². The molecule has 0 aliphatic carbocycles. The monoisotopic (exact) mass is 401 g/mol. The van der Waals surface area contributed by atoms with Gasteiger partial charge < -0.3 is 14.6 Å². The summed E-state index contributed by atoms with van der Waals surface area (Å²) >= 11 is 1.41. The van der Waals surface area contributed by atoms with Gasteiger partial charge in [-0.05, 0) is 38.7 Å². The highest BCUT2D eigenvalue weighted by atomic mass is 32.1. The minimum Gasteiger partial charge on any atom is -0.399 e. The molecule has 1 aliphatic heterocycles. The van der Waals surface area contributed by atoms with E-state index in [0.29, 0.717) is 5.13 Å². The Kier molecular flexibility index (Phi) is 5.42. The van der Waals surface area contributed by atoms with Crippen LogP contribution in [-0.2, 0) is 25.9 Å². The van der Waals surface area contributed by atoms with Gasteiger partial charge in [-0.3, -0.25) is 4.79 Å². The van der Waals surface area contributed by atoms with Gasteiger partial charge in [-0.2, -0.15) is 0 Å². The third kappa shape index (κ3) is 4.45. The van der Waals surface area contributed by atoms with Crippen molar-refractivity contribution >= 4 is 35.0 Å². The fourth-order valence-corrected chi connectivity index (χ4v) is 3.51. The molecule has 1 saturated heterocycles. The van der Waals surface area contributed by atoms with Crippen molar-refractivity contribution in [3.05, 3.63) is 34.8 Å². The van der Waals surface area contributed by atoms with Crippen molar-refractivity contribution in [3.8, 4) is 0 Å². The second-order valence-corrected chi connectivity index (χ2v) is 10.2. The van der Waals surface area contributed by atoms with Crippen LogP contribution in [0.15, 0.2) is 24.3 Å². The maximum Gasteiger partial charge on any atom is 0.494 e. The van der Waals surface area contributed by atoms with Crippen LogP contribution in [0.2, 0.25) is 0 Å². The van der Waals surface area contributed by atoms with Crippen LogP contribution in [0.25, 0.3) is 0 Å². The van der Waals surface area contributed by atoms with Crippen molar-refractivity contribution in [2.45, 2.75) is 71.5 Å². The number of hydrogen-bond donors (Lipinski definition) is 1. The highest BCUT2D eigenvalue weighted by Gasteiger charge is 2.51. The number of nitrogens with zero attached hydrogens (tertiary/aromatic N) is 2. The molecule has 2 aromatic rings. The highest BCUT2D eigenvalue weighted by molar-refractivity contribution is 7.15. The molecule has 150 valence electrons. The summed E-state index contributed by atoms with van der Waals surface area (Å²) in [6.07, 6.45) is 0.272. The van der Waals surface area contributed by atoms with E-state index in [4.69, 9.17) is 9.31 Å². The Morgan fingerprint density at radius 3 is 2.14 bits per heavy atom. The van der Waals surface area contributed by atoms with Crippen molar-refractivity contribution in [3.63, 3.8) is 0 Å². The number of aromatic nitrogens is 2. The number of anilines is 1. The van der Waals surface area contributed by atoms with Crippen LogP contribution in [0.3, 0.4) is 0 Å². The number of nitrogens with one attached hydrogen (secondary N) is 1. The van der Waals surface area contributed by atoms with Gasteiger partial charge in [0.05, 0.1) is 17.6 Å². The van der Waals surface area contributed by atoms with Crippen molar-refractivity contribution in [2.75, 3.05) is 5.32 Å². The molecule has 8 heteroatoms. The van der Waals surface area contributed by atoms with Gasteiger partial charge in [0, 0.05) is 5.41 Å². The van der Waals surface area contributed by atoms with Crippen molar-refractivity contribution in [1.29, 1.82) is 0 Å². The Morgan fingerprint density at radius 2 is 1.64 bits per heavy atom. The maximum atomic E-state index is 12.3. The highest BCUT2D eigenvalue weighted by Crippen LogP contribution is 2.36. The predicted molar refractivity (Wildman–Crippen MR) is 113 cm³/mol. The molecular formula is C20H28BN3O3S.